The summed E-state index contributed by atoms with van der Waals surface area (Å²) in [6, 6.07) is 14.7. The van der Waals surface area contributed by atoms with Gasteiger partial charge in [-0.1, -0.05) is 12.1 Å². The average Bonchev–Trinajstić information content (AvgIpc) is 3.07. The molecule has 0 aliphatic heterocycles. The monoisotopic (exact) mass is 635 g/mol. The first-order valence-corrected chi connectivity index (χ1v) is 15.7. The summed E-state index contributed by atoms with van der Waals surface area (Å²) in [5.41, 5.74) is 3.34. The molecule has 2 rings (SSSR count). The van der Waals surface area contributed by atoms with Gasteiger partial charge in [-0.3, -0.25) is 0 Å². The maximum Gasteiger partial charge on any atom is 0.205 e. The Kier molecular flexibility index (Phi) is 24.0. The summed E-state index contributed by atoms with van der Waals surface area (Å²) in [5.74, 6) is 0. The van der Waals surface area contributed by atoms with Gasteiger partial charge < -0.3 is 47.5 Å². The van der Waals surface area contributed by atoms with Crippen LogP contribution in [-0.4, -0.2) is 134 Å². The molecule has 1 heterocycles. The van der Waals surface area contributed by atoms with Crippen LogP contribution in [0.15, 0.2) is 48.7 Å². The van der Waals surface area contributed by atoms with Crippen LogP contribution >= 0.6 is 0 Å². The van der Waals surface area contributed by atoms with Crippen LogP contribution in [0.3, 0.4) is 0 Å². The molecule has 254 valence electrons. The van der Waals surface area contributed by atoms with Gasteiger partial charge in [0.15, 0.2) is 12.7 Å². The zero-order chi connectivity index (χ0) is 32.0. The summed E-state index contributed by atoms with van der Waals surface area (Å²) < 4.78 is 51.0. The smallest absolute Gasteiger partial charge is 0.205 e. The van der Waals surface area contributed by atoms with E-state index in [2.05, 4.69) is 58.1 Å². The van der Waals surface area contributed by atoms with Gasteiger partial charge in [-0.05, 0) is 29.8 Å². The van der Waals surface area contributed by atoms with Crippen LogP contribution in [0.4, 0.5) is 5.69 Å². The van der Waals surface area contributed by atoms with E-state index in [0.29, 0.717) is 99.1 Å². The summed E-state index contributed by atoms with van der Waals surface area (Å²) in [6.07, 6.45) is 6.33. The number of aromatic nitrogens is 1. The van der Waals surface area contributed by atoms with Crippen molar-refractivity contribution in [1.29, 1.82) is 0 Å². The van der Waals surface area contributed by atoms with E-state index < -0.39 is 0 Å². The van der Waals surface area contributed by atoms with Crippen LogP contribution in [0, 0.1) is 0 Å². The fourth-order valence-corrected chi connectivity index (χ4v) is 4.10. The molecule has 0 unspecified atom stereocenters. The van der Waals surface area contributed by atoms with E-state index in [1.165, 1.54) is 0 Å². The zero-order valence-electron chi connectivity index (χ0n) is 27.6. The van der Waals surface area contributed by atoms with Crippen molar-refractivity contribution in [2.75, 3.05) is 138 Å². The average molecular weight is 636 g/mol. The van der Waals surface area contributed by atoms with Crippen molar-refractivity contribution >= 4 is 17.8 Å². The molecule has 11 nitrogen and oxygen atoms in total. The molecule has 0 spiro atoms. The number of methoxy groups -OCH3 is 3. The van der Waals surface area contributed by atoms with E-state index >= 15 is 0 Å². The molecule has 1 aromatic carbocycles. The Morgan fingerprint density at radius 1 is 0.511 bits per heavy atom. The second-order valence-corrected chi connectivity index (χ2v) is 9.88. The lowest BCUT2D eigenvalue weighted by Gasteiger charge is -2.25. The third kappa shape index (κ3) is 19.6. The highest BCUT2D eigenvalue weighted by atomic mass is 16.6. The quantitative estimate of drug-likeness (QED) is 0.0943. The summed E-state index contributed by atoms with van der Waals surface area (Å²) in [6.45, 7) is 10.9. The molecule has 0 aliphatic rings. The van der Waals surface area contributed by atoms with Gasteiger partial charge in [0.25, 0.3) is 0 Å². The molecule has 0 aliphatic carbocycles. The number of nitrogens with zero attached hydrogens (tertiary/aromatic N) is 2. The number of hydrogen-bond donors (Lipinski definition) is 0. The molecule has 0 atom stereocenters. The Balaban J connectivity index is 1.86. The Bertz CT molecular complexity index is 958. The van der Waals surface area contributed by atoms with Crippen molar-refractivity contribution in [1.82, 2.24) is 0 Å². The second kappa shape index (κ2) is 27.8. The highest BCUT2D eigenvalue weighted by Crippen LogP contribution is 2.17. The Labute approximate surface area is 269 Å². The van der Waals surface area contributed by atoms with Crippen molar-refractivity contribution < 1.29 is 47.2 Å². The summed E-state index contributed by atoms with van der Waals surface area (Å²) in [7, 11) is 4.99. The van der Waals surface area contributed by atoms with Crippen molar-refractivity contribution in [2.45, 2.75) is 6.54 Å². The van der Waals surface area contributed by atoms with E-state index in [1.54, 1.807) is 21.3 Å². The van der Waals surface area contributed by atoms with E-state index in [-0.39, 0.29) is 0 Å². The van der Waals surface area contributed by atoms with Crippen LogP contribution in [-0.2, 0) is 49.2 Å². The first-order valence-electron chi connectivity index (χ1n) is 15.7. The fourth-order valence-electron chi connectivity index (χ4n) is 4.10. The second-order valence-electron chi connectivity index (χ2n) is 9.88. The number of hydrogen-bond acceptors (Lipinski definition) is 10. The van der Waals surface area contributed by atoms with Gasteiger partial charge in [0, 0.05) is 58.3 Å². The maximum absolute atomic E-state index is 5.82. The SMILES string of the molecule is COCCOCCOCCN(CCOCCOCCOC)c1ccc(/C=C/c2cccc[n+]2CCOCCOCCOC)cc1. The minimum Gasteiger partial charge on any atom is -0.382 e. The van der Waals surface area contributed by atoms with Gasteiger partial charge in [0.05, 0.1) is 92.5 Å². The first-order chi connectivity index (χ1) is 22.3. The molecular weight excluding hydrogens is 580 g/mol. The van der Waals surface area contributed by atoms with Crippen LogP contribution in [0.25, 0.3) is 12.2 Å². The molecule has 45 heavy (non-hydrogen) atoms. The van der Waals surface area contributed by atoms with E-state index in [4.69, 9.17) is 42.6 Å². The number of rotatable bonds is 30. The lowest BCUT2D eigenvalue weighted by molar-refractivity contribution is -0.700. The number of benzene rings is 1. The molecule has 0 radical (unpaired) electrons. The summed E-state index contributed by atoms with van der Waals surface area (Å²) in [5, 5.41) is 0. The lowest BCUT2D eigenvalue weighted by atomic mass is 10.1. The van der Waals surface area contributed by atoms with Crippen LogP contribution in [0.1, 0.15) is 11.3 Å². The molecule has 2 aromatic rings. The van der Waals surface area contributed by atoms with E-state index in [0.717, 1.165) is 36.6 Å². The number of ether oxygens (including phenoxy) is 9. The Morgan fingerprint density at radius 3 is 1.49 bits per heavy atom. The third-order valence-corrected chi connectivity index (χ3v) is 6.58. The Morgan fingerprint density at radius 2 is 0.978 bits per heavy atom. The molecule has 0 amide bonds. The lowest BCUT2D eigenvalue weighted by Crippen LogP contribution is -2.38. The van der Waals surface area contributed by atoms with Gasteiger partial charge in [-0.2, -0.15) is 4.57 Å². The fraction of sp³-hybridized carbons (Fsp3) is 0.618. The molecule has 1 aromatic heterocycles. The predicted molar refractivity (Wildman–Crippen MR) is 175 cm³/mol. The highest BCUT2D eigenvalue weighted by molar-refractivity contribution is 5.68. The molecule has 0 saturated carbocycles. The molecule has 0 saturated heterocycles. The van der Waals surface area contributed by atoms with Crippen LogP contribution in [0.5, 0.6) is 0 Å². The van der Waals surface area contributed by atoms with Gasteiger partial charge in [-0.25, -0.2) is 0 Å². The molecule has 0 fully saturated rings. The topological polar surface area (TPSA) is 90.2 Å². The number of pyridine rings is 1. The van der Waals surface area contributed by atoms with Crippen molar-refractivity contribution in [3.05, 3.63) is 59.9 Å². The maximum atomic E-state index is 5.82. The van der Waals surface area contributed by atoms with Crippen molar-refractivity contribution in [3.8, 4) is 0 Å². The van der Waals surface area contributed by atoms with Gasteiger partial charge in [-0.15, -0.1) is 0 Å². The largest absolute Gasteiger partial charge is 0.382 e. The van der Waals surface area contributed by atoms with Gasteiger partial charge >= 0.3 is 0 Å². The van der Waals surface area contributed by atoms with Crippen molar-refractivity contribution in [3.63, 3.8) is 0 Å². The minimum atomic E-state index is 0.547. The standard InChI is InChI=1S/C34H55N2O9/c1-37-20-23-43-29-26-40-17-14-35-13-5-4-6-33(35)10-7-32-8-11-34(12-9-32)36(15-18-41-27-30-44-24-21-38-2)16-19-42-28-31-45-25-22-39-3/h4-13H,14-31H2,1-3H3/q+1. The highest BCUT2D eigenvalue weighted by Gasteiger charge is 2.09. The van der Waals surface area contributed by atoms with E-state index in [9.17, 15) is 0 Å². The first kappa shape index (κ1) is 38.7. The van der Waals surface area contributed by atoms with Crippen molar-refractivity contribution in [2.24, 2.45) is 0 Å². The Hall–Kier alpha value is -2.45. The molecule has 11 heteroatoms. The third-order valence-electron chi connectivity index (χ3n) is 6.58. The van der Waals surface area contributed by atoms with Crippen LogP contribution in [0.2, 0.25) is 0 Å². The molecule has 0 N–H and O–H groups in total. The molecule has 0 bridgehead atoms. The predicted octanol–water partition coefficient (Wildman–Crippen LogP) is 2.99. The zero-order valence-corrected chi connectivity index (χ0v) is 27.6. The van der Waals surface area contributed by atoms with Crippen LogP contribution < -0.4 is 9.47 Å². The summed E-state index contributed by atoms with van der Waals surface area (Å²) >= 11 is 0. The van der Waals surface area contributed by atoms with Gasteiger partial charge in [0.2, 0.25) is 5.69 Å². The van der Waals surface area contributed by atoms with E-state index in [1.807, 2.05) is 12.1 Å². The summed E-state index contributed by atoms with van der Waals surface area (Å²) in [4.78, 5) is 2.28. The van der Waals surface area contributed by atoms with Gasteiger partial charge in [0.1, 0.15) is 6.61 Å². The minimum absolute atomic E-state index is 0.547. The number of anilines is 1. The molecular formula is C34H55N2O9+. The normalized spacial score (nSPS) is 11.5.